The van der Waals surface area contributed by atoms with Crippen LogP contribution in [-0.2, 0) is 15.7 Å². The molecule has 1 amide bonds. The molecule has 1 unspecified atom stereocenters. The summed E-state index contributed by atoms with van der Waals surface area (Å²) in [6.07, 6.45) is 5.06. The standard InChI is InChI=1S/C21H24F2N2O3S2/c1-21(22,23)18-13-17(28-15-7-5-4-6-8-15)19(29-18)20(26)25-16(14-9-10-14)11-12-30(3,27)24-2/h4-8,11-14,16H,9-10H2,1-3H3,(H,25,26)/b12-11+/t16-,30?/m1/s1. The Labute approximate surface area is 179 Å². The lowest BCUT2D eigenvalue weighted by Gasteiger charge is -2.15. The zero-order valence-electron chi connectivity index (χ0n) is 16.9. The number of halogens is 2. The summed E-state index contributed by atoms with van der Waals surface area (Å²) in [6.45, 7) is 0.786. The van der Waals surface area contributed by atoms with E-state index < -0.39 is 21.6 Å². The molecule has 162 valence electrons. The fraction of sp³-hybridized carbons (Fsp3) is 0.381. The van der Waals surface area contributed by atoms with Gasteiger partial charge in [0, 0.05) is 31.7 Å². The Balaban J connectivity index is 1.88. The highest BCUT2D eigenvalue weighted by Gasteiger charge is 2.34. The quantitative estimate of drug-likeness (QED) is 0.581. The number of thiophene rings is 1. The lowest BCUT2D eigenvalue weighted by Crippen LogP contribution is -2.34. The zero-order valence-corrected chi connectivity index (χ0v) is 18.6. The summed E-state index contributed by atoms with van der Waals surface area (Å²) < 4.78 is 49.5. The number of benzene rings is 1. The van der Waals surface area contributed by atoms with Crippen LogP contribution < -0.4 is 10.1 Å². The van der Waals surface area contributed by atoms with E-state index in [0.29, 0.717) is 17.1 Å². The fourth-order valence-electron chi connectivity index (χ4n) is 2.73. The second kappa shape index (κ2) is 8.85. The van der Waals surface area contributed by atoms with Gasteiger partial charge in [-0.2, -0.15) is 0 Å². The van der Waals surface area contributed by atoms with Gasteiger partial charge >= 0.3 is 0 Å². The molecule has 1 fully saturated rings. The number of nitrogens with one attached hydrogen (secondary N) is 1. The van der Waals surface area contributed by atoms with Crippen LogP contribution in [0.3, 0.4) is 0 Å². The van der Waals surface area contributed by atoms with Gasteiger partial charge in [0.1, 0.15) is 10.6 Å². The molecule has 9 heteroatoms. The number of nitrogens with zero attached hydrogens (tertiary/aromatic N) is 1. The number of hydrogen-bond acceptors (Lipinski definition) is 5. The van der Waals surface area contributed by atoms with Gasteiger partial charge in [-0.3, -0.25) is 4.79 Å². The normalized spacial score (nSPS) is 17.4. The highest BCUT2D eigenvalue weighted by molar-refractivity contribution is 7.95. The van der Waals surface area contributed by atoms with Crippen molar-refractivity contribution in [2.24, 2.45) is 10.3 Å². The van der Waals surface area contributed by atoms with E-state index in [1.165, 1.54) is 24.8 Å². The number of hydrogen-bond donors (Lipinski definition) is 1. The number of alkyl halides is 2. The minimum atomic E-state index is -3.09. The predicted molar refractivity (Wildman–Crippen MR) is 116 cm³/mol. The van der Waals surface area contributed by atoms with Crippen molar-refractivity contribution >= 4 is 27.0 Å². The van der Waals surface area contributed by atoms with E-state index in [-0.39, 0.29) is 27.5 Å². The number of carbonyl (C=O) groups excluding carboxylic acids is 1. The van der Waals surface area contributed by atoms with Crippen LogP contribution in [-0.4, -0.2) is 29.5 Å². The van der Waals surface area contributed by atoms with Crippen LogP contribution in [0.25, 0.3) is 0 Å². The smallest absolute Gasteiger partial charge is 0.279 e. The maximum Gasteiger partial charge on any atom is 0.279 e. The first-order valence-electron chi connectivity index (χ1n) is 9.43. The first-order valence-corrected chi connectivity index (χ1v) is 12.2. The Morgan fingerprint density at radius 3 is 2.60 bits per heavy atom. The van der Waals surface area contributed by atoms with Crippen LogP contribution in [0.4, 0.5) is 8.78 Å². The summed E-state index contributed by atoms with van der Waals surface area (Å²) in [6, 6.07) is 9.55. The fourth-order valence-corrected chi connectivity index (χ4v) is 4.23. The SMILES string of the molecule is CN=S(C)(=O)/C=C/[C@@H](NC(=O)c1sc(C(C)(F)F)cc1Oc1ccccc1)C1CC1. The summed E-state index contributed by atoms with van der Waals surface area (Å²) in [7, 11) is -0.988. The van der Waals surface area contributed by atoms with Crippen molar-refractivity contribution < 1.29 is 22.5 Å². The van der Waals surface area contributed by atoms with Crippen LogP contribution in [0, 0.1) is 5.92 Å². The first kappa shape index (κ1) is 22.4. The molecule has 1 N–H and O–H groups in total. The van der Waals surface area contributed by atoms with Gasteiger partial charge < -0.3 is 10.1 Å². The van der Waals surface area contributed by atoms with Crippen LogP contribution >= 0.6 is 11.3 Å². The summed E-state index contributed by atoms with van der Waals surface area (Å²) in [5, 5.41) is 4.37. The molecular formula is C21H24F2N2O3S2. The molecule has 0 aliphatic heterocycles. The van der Waals surface area contributed by atoms with Gasteiger partial charge in [-0.1, -0.05) is 24.3 Å². The van der Waals surface area contributed by atoms with Gasteiger partial charge in [0.15, 0.2) is 5.75 Å². The van der Waals surface area contributed by atoms with E-state index in [2.05, 4.69) is 9.68 Å². The molecule has 1 heterocycles. The monoisotopic (exact) mass is 454 g/mol. The van der Waals surface area contributed by atoms with Gasteiger partial charge in [0.25, 0.3) is 11.8 Å². The van der Waals surface area contributed by atoms with Gasteiger partial charge in [-0.05, 0) is 30.9 Å². The molecule has 0 radical (unpaired) electrons. The number of rotatable bonds is 8. The summed E-state index contributed by atoms with van der Waals surface area (Å²) in [5.41, 5.74) is 0. The van der Waals surface area contributed by atoms with Crippen molar-refractivity contribution in [3.05, 3.63) is 57.6 Å². The van der Waals surface area contributed by atoms with Crippen molar-refractivity contribution in [3.63, 3.8) is 0 Å². The van der Waals surface area contributed by atoms with Gasteiger partial charge in [-0.15, -0.1) is 11.3 Å². The van der Waals surface area contributed by atoms with Gasteiger partial charge in [0.2, 0.25) is 0 Å². The van der Waals surface area contributed by atoms with E-state index in [9.17, 15) is 17.8 Å². The molecule has 2 aromatic rings. The van der Waals surface area contributed by atoms with Crippen LogP contribution in [0.15, 0.2) is 52.2 Å². The Bertz CT molecular complexity index is 1050. The summed E-state index contributed by atoms with van der Waals surface area (Å²) >= 11 is 0.710. The summed E-state index contributed by atoms with van der Waals surface area (Å²) in [4.78, 5) is 12.8. The topological polar surface area (TPSA) is 67.8 Å². The zero-order chi connectivity index (χ0) is 21.9. The minimum Gasteiger partial charge on any atom is -0.456 e. The van der Waals surface area contributed by atoms with E-state index in [4.69, 9.17) is 4.74 Å². The van der Waals surface area contributed by atoms with E-state index in [1.807, 2.05) is 0 Å². The molecule has 1 aliphatic rings. The van der Waals surface area contributed by atoms with Crippen LogP contribution in [0.1, 0.15) is 34.3 Å². The van der Waals surface area contributed by atoms with Crippen LogP contribution in [0.2, 0.25) is 0 Å². The lowest BCUT2D eigenvalue weighted by atomic mass is 10.2. The third kappa shape index (κ3) is 5.89. The Morgan fingerprint density at radius 2 is 2.03 bits per heavy atom. The molecule has 0 spiro atoms. The third-order valence-electron chi connectivity index (χ3n) is 4.64. The van der Waals surface area contributed by atoms with Crippen molar-refractivity contribution in [1.29, 1.82) is 0 Å². The van der Waals surface area contributed by atoms with Crippen molar-refractivity contribution in [2.45, 2.75) is 31.7 Å². The number of ether oxygens (including phenoxy) is 1. The first-order chi connectivity index (χ1) is 14.1. The van der Waals surface area contributed by atoms with Crippen LogP contribution in [0.5, 0.6) is 11.5 Å². The molecular weight excluding hydrogens is 430 g/mol. The van der Waals surface area contributed by atoms with Crippen molar-refractivity contribution in [2.75, 3.05) is 13.3 Å². The Morgan fingerprint density at radius 1 is 1.37 bits per heavy atom. The molecule has 1 aromatic carbocycles. The number of carbonyl (C=O) groups is 1. The lowest BCUT2D eigenvalue weighted by molar-refractivity contribution is 0.0214. The highest BCUT2D eigenvalue weighted by Crippen LogP contribution is 2.41. The van der Waals surface area contributed by atoms with Gasteiger partial charge in [-0.25, -0.2) is 17.4 Å². The molecule has 1 saturated carbocycles. The van der Waals surface area contributed by atoms with Gasteiger partial charge in [0.05, 0.1) is 20.6 Å². The largest absolute Gasteiger partial charge is 0.456 e. The Kier molecular flexibility index (Phi) is 6.62. The van der Waals surface area contributed by atoms with E-state index >= 15 is 0 Å². The maximum atomic E-state index is 13.9. The molecule has 0 bridgehead atoms. The number of amides is 1. The minimum absolute atomic E-state index is 0.0758. The molecule has 0 saturated heterocycles. The average molecular weight is 455 g/mol. The second-order valence-electron chi connectivity index (χ2n) is 7.32. The Hall–Kier alpha value is -2.26. The molecule has 5 nitrogen and oxygen atoms in total. The highest BCUT2D eigenvalue weighted by atomic mass is 32.2. The molecule has 3 rings (SSSR count). The maximum absolute atomic E-state index is 13.9. The predicted octanol–water partition coefficient (Wildman–Crippen LogP) is 5.40. The van der Waals surface area contributed by atoms with Crippen molar-refractivity contribution in [1.82, 2.24) is 5.32 Å². The van der Waals surface area contributed by atoms with Crippen molar-refractivity contribution in [3.8, 4) is 11.5 Å². The summed E-state index contributed by atoms with van der Waals surface area (Å²) in [5.74, 6) is -2.84. The van der Waals surface area contributed by atoms with E-state index in [1.54, 1.807) is 36.4 Å². The third-order valence-corrected chi connectivity index (χ3v) is 7.31. The second-order valence-corrected chi connectivity index (χ2v) is 10.7. The molecule has 1 aromatic heterocycles. The molecule has 30 heavy (non-hydrogen) atoms. The average Bonchev–Trinajstić information content (AvgIpc) is 3.44. The molecule has 1 aliphatic carbocycles. The number of para-hydroxylation sites is 1. The molecule has 2 atom stereocenters. The van der Waals surface area contributed by atoms with E-state index in [0.717, 1.165) is 19.8 Å².